The molecular formula is C19H22N2O4. The highest BCUT2D eigenvalue weighted by molar-refractivity contribution is 5.94. The summed E-state index contributed by atoms with van der Waals surface area (Å²) in [6.45, 7) is 1.43. The molecule has 2 aromatic rings. The fourth-order valence-electron chi connectivity index (χ4n) is 2.39. The largest absolute Gasteiger partial charge is 0.480 e. The first kappa shape index (κ1) is 18.6. The van der Waals surface area contributed by atoms with E-state index in [1.807, 2.05) is 36.4 Å². The molecule has 0 fully saturated rings. The minimum Gasteiger partial charge on any atom is -0.480 e. The fourth-order valence-corrected chi connectivity index (χ4v) is 2.39. The van der Waals surface area contributed by atoms with E-state index in [-0.39, 0.29) is 5.91 Å². The highest BCUT2D eigenvalue weighted by atomic mass is 16.4. The zero-order chi connectivity index (χ0) is 18.2. The second-order valence-corrected chi connectivity index (χ2v) is 5.81. The maximum Gasteiger partial charge on any atom is 0.320 e. The minimum absolute atomic E-state index is 0.328. The van der Waals surface area contributed by atoms with E-state index in [0.29, 0.717) is 12.0 Å². The number of carbonyl (C=O) groups excluding carboxylic acids is 1. The van der Waals surface area contributed by atoms with Crippen LogP contribution in [0.5, 0.6) is 0 Å². The highest BCUT2D eigenvalue weighted by Crippen LogP contribution is 2.08. The molecule has 6 heteroatoms. The second kappa shape index (κ2) is 8.96. The Bertz CT molecular complexity index is 691. The van der Waals surface area contributed by atoms with Gasteiger partial charge in [0.2, 0.25) is 0 Å². The average molecular weight is 342 g/mol. The molecule has 0 bridgehead atoms. The van der Waals surface area contributed by atoms with Gasteiger partial charge in [0.1, 0.15) is 12.3 Å². The van der Waals surface area contributed by atoms with Gasteiger partial charge in [-0.1, -0.05) is 48.5 Å². The molecule has 0 aliphatic heterocycles. The summed E-state index contributed by atoms with van der Waals surface area (Å²) >= 11 is 0. The number of benzene rings is 2. The van der Waals surface area contributed by atoms with Crippen molar-refractivity contribution in [3.8, 4) is 0 Å². The van der Waals surface area contributed by atoms with Crippen LogP contribution >= 0.6 is 0 Å². The van der Waals surface area contributed by atoms with Crippen molar-refractivity contribution in [3.05, 3.63) is 71.8 Å². The summed E-state index contributed by atoms with van der Waals surface area (Å²) in [4.78, 5) is 23.4. The SMILES string of the molecule is C[C@H](NC(O)[C@H](Cc1ccccc1)NC(=O)c1ccccc1)C(=O)O. The van der Waals surface area contributed by atoms with Crippen LogP contribution < -0.4 is 10.6 Å². The van der Waals surface area contributed by atoms with Crippen molar-refractivity contribution in [3.63, 3.8) is 0 Å². The van der Waals surface area contributed by atoms with Crippen molar-refractivity contribution in [2.45, 2.75) is 31.7 Å². The molecule has 132 valence electrons. The van der Waals surface area contributed by atoms with Crippen LogP contribution in [0.3, 0.4) is 0 Å². The topological polar surface area (TPSA) is 98.7 Å². The molecule has 1 unspecified atom stereocenters. The molecule has 4 N–H and O–H groups in total. The Morgan fingerprint density at radius 1 is 1.00 bits per heavy atom. The minimum atomic E-state index is -1.21. The van der Waals surface area contributed by atoms with Gasteiger partial charge in [-0.25, -0.2) is 0 Å². The van der Waals surface area contributed by atoms with Crippen molar-refractivity contribution in [2.24, 2.45) is 0 Å². The van der Waals surface area contributed by atoms with E-state index in [1.54, 1.807) is 24.3 Å². The molecule has 0 saturated heterocycles. The Labute approximate surface area is 146 Å². The van der Waals surface area contributed by atoms with Crippen molar-refractivity contribution >= 4 is 11.9 Å². The van der Waals surface area contributed by atoms with Crippen LogP contribution in [0.25, 0.3) is 0 Å². The number of hydrogen-bond donors (Lipinski definition) is 4. The van der Waals surface area contributed by atoms with Gasteiger partial charge in [0.25, 0.3) is 5.91 Å². The van der Waals surface area contributed by atoms with Gasteiger partial charge in [-0.3, -0.25) is 14.9 Å². The number of carboxylic acid groups (broad SMARTS) is 1. The molecule has 3 atom stereocenters. The van der Waals surface area contributed by atoms with Gasteiger partial charge in [0, 0.05) is 5.56 Å². The zero-order valence-corrected chi connectivity index (χ0v) is 13.9. The lowest BCUT2D eigenvalue weighted by Crippen LogP contribution is -2.54. The summed E-state index contributed by atoms with van der Waals surface area (Å²) in [5, 5.41) is 24.8. The lowest BCUT2D eigenvalue weighted by molar-refractivity contribution is -0.140. The van der Waals surface area contributed by atoms with E-state index >= 15 is 0 Å². The smallest absolute Gasteiger partial charge is 0.320 e. The number of aliphatic hydroxyl groups excluding tert-OH is 1. The number of aliphatic carboxylic acids is 1. The van der Waals surface area contributed by atoms with Gasteiger partial charge in [-0.05, 0) is 31.0 Å². The molecule has 0 radical (unpaired) electrons. The Hall–Kier alpha value is -2.70. The van der Waals surface area contributed by atoms with Crippen molar-refractivity contribution in [1.29, 1.82) is 0 Å². The van der Waals surface area contributed by atoms with Crippen molar-refractivity contribution in [1.82, 2.24) is 10.6 Å². The van der Waals surface area contributed by atoms with Crippen LogP contribution in [-0.4, -0.2) is 40.4 Å². The van der Waals surface area contributed by atoms with Crippen LogP contribution in [0.2, 0.25) is 0 Å². The number of rotatable bonds is 8. The monoisotopic (exact) mass is 342 g/mol. The number of amides is 1. The number of hydrogen-bond acceptors (Lipinski definition) is 4. The molecule has 0 aliphatic carbocycles. The van der Waals surface area contributed by atoms with Gasteiger partial charge in [-0.15, -0.1) is 0 Å². The Kier molecular flexibility index (Phi) is 6.68. The Morgan fingerprint density at radius 2 is 1.56 bits per heavy atom. The summed E-state index contributed by atoms with van der Waals surface area (Å²) in [5.74, 6) is -1.41. The number of nitrogens with one attached hydrogen (secondary N) is 2. The summed E-state index contributed by atoms with van der Waals surface area (Å²) in [7, 11) is 0. The third kappa shape index (κ3) is 5.70. The third-order valence-electron chi connectivity index (χ3n) is 3.82. The highest BCUT2D eigenvalue weighted by Gasteiger charge is 2.25. The fraction of sp³-hybridized carbons (Fsp3) is 0.263. The zero-order valence-electron chi connectivity index (χ0n) is 13.9. The lowest BCUT2D eigenvalue weighted by Gasteiger charge is -2.26. The van der Waals surface area contributed by atoms with Crippen molar-refractivity contribution < 1.29 is 19.8 Å². The Balaban J connectivity index is 2.13. The molecule has 6 nitrogen and oxygen atoms in total. The van der Waals surface area contributed by atoms with E-state index in [4.69, 9.17) is 5.11 Å². The van der Waals surface area contributed by atoms with Crippen LogP contribution in [0.15, 0.2) is 60.7 Å². The van der Waals surface area contributed by atoms with Crippen LogP contribution in [0.1, 0.15) is 22.8 Å². The van der Waals surface area contributed by atoms with Crippen LogP contribution in [0, 0.1) is 0 Å². The maximum atomic E-state index is 12.4. The van der Waals surface area contributed by atoms with E-state index in [0.717, 1.165) is 5.56 Å². The van der Waals surface area contributed by atoms with Crippen molar-refractivity contribution in [2.75, 3.05) is 0 Å². The molecule has 0 heterocycles. The first-order valence-electron chi connectivity index (χ1n) is 8.04. The summed E-state index contributed by atoms with van der Waals surface area (Å²) < 4.78 is 0. The van der Waals surface area contributed by atoms with Gasteiger partial charge in [0.15, 0.2) is 0 Å². The predicted octanol–water partition coefficient (Wildman–Crippen LogP) is 1.41. The molecule has 1 amide bonds. The average Bonchev–Trinajstić information content (AvgIpc) is 2.62. The van der Waals surface area contributed by atoms with Crippen LogP contribution in [0.4, 0.5) is 0 Å². The number of carbonyl (C=O) groups is 2. The summed E-state index contributed by atoms with van der Waals surface area (Å²) in [5.41, 5.74) is 1.39. The number of aliphatic hydroxyl groups is 1. The molecule has 2 aromatic carbocycles. The first-order valence-corrected chi connectivity index (χ1v) is 8.04. The normalized spacial score (nSPS) is 14.3. The summed E-state index contributed by atoms with van der Waals surface area (Å²) in [6.07, 6.45) is -0.848. The van der Waals surface area contributed by atoms with Gasteiger partial charge in [-0.2, -0.15) is 0 Å². The van der Waals surface area contributed by atoms with E-state index in [9.17, 15) is 14.7 Å². The molecule has 0 spiro atoms. The maximum absolute atomic E-state index is 12.4. The molecule has 2 rings (SSSR count). The molecule has 25 heavy (non-hydrogen) atoms. The van der Waals surface area contributed by atoms with Gasteiger partial charge < -0.3 is 15.5 Å². The van der Waals surface area contributed by atoms with Gasteiger partial charge >= 0.3 is 5.97 Å². The molecule has 0 aliphatic rings. The quantitative estimate of drug-likeness (QED) is 0.544. The van der Waals surface area contributed by atoms with E-state index in [1.165, 1.54) is 6.92 Å². The first-order chi connectivity index (χ1) is 12.0. The summed E-state index contributed by atoms with van der Waals surface area (Å²) in [6, 6.07) is 16.4. The van der Waals surface area contributed by atoms with Crippen LogP contribution in [-0.2, 0) is 11.2 Å². The molecule has 0 aromatic heterocycles. The second-order valence-electron chi connectivity index (χ2n) is 5.81. The lowest BCUT2D eigenvalue weighted by atomic mass is 10.0. The predicted molar refractivity (Wildman–Crippen MR) is 94.1 cm³/mol. The van der Waals surface area contributed by atoms with Gasteiger partial charge in [0.05, 0.1) is 6.04 Å². The molecule has 0 saturated carbocycles. The van der Waals surface area contributed by atoms with E-state index < -0.39 is 24.3 Å². The molecular weight excluding hydrogens is 320 g/mol. The number of carboxylic acids is 1. The Morgan fingerprint density at radius 3 is 2.12 bits per heavy atom. The third-order valence-corrected chi connectivity index (χ3v) is 3.82. The van der Waals surface area contributed by atoms with E-state index in [2.05, 4.69) is 10.6 Å². The standard InChI is InChI=1S/C19H22N2O4/c1-13(19(24)25)20-18(23)16(12-14-8-4-2-5-9-14)21-17(22)15-10-6-3-7-11-15/h2-11,13,16,18,20,23H,12H2,1H3,(H,21,22)(H,24,25)/t13-,16-,18?/m0/s1.